The number of rotatable bonds is 33. The summed E-state index contributed by atoms with van der Waals surface area (Å²) in [4.78, 5) is 20.6. The molecule has 0 saturated carbocycles. The molecule has 282 valence electrons. The first-order chi connectivity index (χ1) is 23.5. The van der Waals surface area contributed by atoms with Crippen LogP contribution < -0.4 is 0 Å². The van der Waals surface area contributed by atoms with Crippen LogP contribution in [0, 0.1) is 0 Å². The van der Waals surface area contributed by atoms with Crippen molar-refractivity contribution in [3.63, 3.8) is 0 Å². The Bertz CT molecular complexity index is 736. The second-order valence-corrected chi connectivity index (χ2v) is 12.6. The van der Waals surface area contributed by atoms with Crippen molar-refractivity contribution in [2.24, 2.45) is 0 Å². The Morgan fingerprint density at radius 2 is 0.667 bits per heavy atom. The fourth-order valence-corrected chi connectivity index (χ4v) is 4.80. The summed E-state index contributed by atoms with van der Waals surface area (Å²) in [7, 11) is 0. The van der Waals surface area contributed by atoms with E-state index in [1.54, 1.807) is 0 Å². The van der Waals surface area contributed by atoms with Gasteiger partial charge in [0, 0.05) is 26.1 Å². The summed E-state index contributed by atoms with van der Waals surface area (Å²) in [6.45, 7) is 4.89. The summed E-state index contributed by atoms with van der Waals surface area (Å²) in [6.07, 6.45) is 49.0. The van der Waals surface area contributed by atoms with Crippen molar-refractivity contribution in [1.29, 1.82) is 0 Å². The van der Waals surface area contributed by atoms with Crippen molar-refractivity contribution >= 4 is 11.9 Å². The molecule has 4 N–H and O–H groups in total. The molecule has 0 fully saturated rings. The number of carbonyl (C=O) groups is 2. The summed E-state index contributed by atoms with van der Waals surface area (Å²) >= 11 is 0. The predicted octanol–water partition coefficient (Wildman–Crippen LogP) is 12.3. The van der Waals surface area contributed by atoms with Crippen LogP contribution >= 0.6 is 0 Å². The molecular formula is C42H78O6. The third-order valence-electron chi connectivity index (χ3n) is 7.78. The van der Waals surface area contributed by atoms with Gasteiger partial charge < -0.3 is 20.4 Å². The summed E-state index contributed by atoms with van der Waals surface area (Å²) in [5, 5.41) is 33.2. The van der Waals surface area contributed by atoms with Gasteiger partial charge in [0.1, 0.15) is 0 Å². The molecule has 0 aromatic carbocycles. The lowest BCUT2D eigenvalue weighted by molar-refractivity contribution is -0.138. The van der Waals surface area contributed by atoms with Crippen LogP contribution in [0.2, 0.25) is 0 Å². The maximum Gasteiger partial charge on any atom is 0.303 e. The zero-order valence-corrected chi connectivity index (χ0v) is 31.4. The Balaban J connectivity index is -0.000000722. The van der Waals surface area contributed by atoms with E-state index >= 15 is 0 Å². The lowest BCUT2D eigenvalue weighted by atomic mass is 10.0. The van der Waals surface area contributed by atoms with Gasteiger partial charge in [0.25, 0.3) is 0 Å². The number of aliphatic hydroxyl groups is 2. The van der Waals surface area contributed by atoms with Gasteiger partial charge in [-0.25, -0.2) is 0 Å². The molecule has 48 heavy (non-hydrogen) atoms. The first-order valence-corrected chi connectivity index (χ1v) is 19.7. The molecule has 0 aliphatic rings. The van der Waals surface area contributed by atoms with E-state index in [0.29, 0.717) is 6.42 Å². The number of carboxylic acids is 2. The molecule has 6 nitrogen and oxygen atoms in total. The highest BCUT2D eigenvalue weighted by molar-refractivity contribution is 5.66. The lowest BCUT2D eigenvalue weighted by Gasteiger charge is -2.03. The summed E-state index contributed by atoms with van der Waals surface area (Å²) < 4.78 is 0. The molecule has 0 aliphatic heterocycles. The fraction of sp³-hybridized carbons (Fsp3) is 0.762. The molecule has 6 heteroatoms. The molecule has 0 saturated heterocycles. The minimum Gasteiger partial charge on any atom is -0.481 e. The summed E-state index contributed by atoms with van der Waals surface area (Å²) in [6, 6.07) is 0. The average molecular weight is 679 g/mol. The van der Waals surface area contributed by atoms with Crippen LogP contribution in [0.25, 0.3) is 0 Å². The van der Waals surface area contributed by atoms with Gasteiger partial charge in [-0.2, -0.15) is 0 Å². The third-order valence-corrected chi connectivity index (χ3v) is 7.78. The number of carboxylic acid groups (broad SMARTS) is 2. The van der Waals surface area contributed by atoms with Crippen molar-refractivity contribution in [1.82, 2.24) is 0 Å². The Kier molecular flexibility index (Phi) is 51.5. The van der Waals surface area contributed by atoms with Crippen molar-refractivity contribution in [2.45, 2.75) is 194 Å². The lowest BCUT2D eigenvalue weighted by Crippen LogP contribution is -1.93. The van der Waals surface area contributed by atoms with Gasteiger partial charge in [0.2, 0.25) is 0 Å². The summed E-state index contributed by atoms with van der Waals surface area (Å²) in [5.74, 6) is -1.37. The van der Waals surface area contributed by atoms with Crippen LogP contribution in [-0.4, -0.2) is 45.6 Å². The maximum atomic E-state index is 10.3. The van der Waals surface area contributed by atoms with Crippen molar-refractivity contribution in [2.75, 3.05) is 13.2 Å². The first kappa shape index (κ1) is 50.2. The van der Waals surface area contributed by atoms with Crippen LogP contribution in [-0.2, 0) is 9.59 Å². The normalized spacial score (nSPS) is 11.3. The smallest absolute Gasteiger partial charge is 0.303 e. The summed E-state index contributed by atoms with van der Waals surface area (Å²) in [5.41, 5.74) is 0. The third kappa shape index (κ3) is 59.3. The Labute approximate surface area is 296 Å². The van der Waals surface area contributed by atoms with Crippen molar-refractivity contribution < 1.29 is 30.0 Å². The second kappa shape index (κ2) is 49.2. The average Bonchev–Trinajstić information content (AvgIpc) is 3.07. The van der Waals surface area contributed by atoms with Gasteiger partial charge in [-0.05, 0) is 64.2 Å². The topological polar surface area (TPSA) is 115 Å². The molecule has 0 amide bonds. The molecule has 0 atom stereocenters. The molecule has 0 spiro atoms. The predicted molar refractivity (Wildman–Crippen MR) is 207 cm³/mol. The fourth-order valence-electron chi connectivity index (χ4n) is 4.80. The van der Waals surface area contributed by atoms with Crippen LogP contribution in [0.4, 0.5) is 0 Å². The number of hydrogen-bond donors (Lipinski definition) is 4. The van der Waals surface area contributed by atoms with E-state index in [1.165, 1.54) is 109 Å². The van der Waals surface area contributed by atoms with Gasteiger partial charge in [-0.3, -0.25) is 9.59 Å². The number of aliphatic carboxylic acids is 2. The number of aliphatic hydroxyl groups excluding tert-OH is 2. The van der Waals surface area contributed by atoms with E-state index in [2.05, 4.69) is 62.5 Å². The molecule has 0 unspecified atom stereocenters. The molecule has 0 aromatic rings. The highest BCUT2D eigenvalue weighted by atomic mass is 16.4. The molecule has 0 radical (unpaired) electrons. The SMILES string of the molecule is CCCCC/C=C\C/C=C\C/C=C\C/C=C\CCCC(=O)O.CCCCCCCCCCCCCCCCCC(=O)O.OCCCCO. The van der Waals surface area contributed by atoms with E-state index in [4.69, 9.17) is 20.4 Å². The van der Waals surface area contributed by atoms with E-state index in [1.807, 2.05) is 0 Å². The number of hydrogen-bond acceptors (Lipinski definition) is 4. The van der Waals surface area contributed by atoms with E-state index in [-0.39, 0.29) is 19.6 Å². The van der Waals surface area contributed by atoms with Gasteiger partial charge in [0.15, 0.2) is 0 Å². The quantitative estimate of drug-likeness (QED) is 0.0405. The van der Waals surface area contributed by atoms with Gasteiger partial charge in [0.05, 0.1) is 0 Å². The molecule has 0 aromatic heterocycles. The molecular weight excluding hydrogens is 600 g/mol. The highest BCUT2D eigenvalue weighted by Gasteiger charge is 1.97. The largest absolute Gasteiger partial charge is 0.481 e. The maximum absolute atomic E-state index is 10.3. The molecule has 0 aliphatic carbocycles. The Morgan fingerprint density at radius 1 is 0.375 bits per heavy atom. The molecule has 0 rings (SSSR count). The first-order valence-electron chi connectivity index (χ1n) is 19.7. The van der Waals surface area contributed by atoms with Crippen molar-refractivity contribution in [3.05, 3.63) is 48.6 Å². The van der Waals surface area contributed by atoms with Crippen LogP contribution in [0.5, 0.6) is 0 Å². The monoisotopic (exact) mass is 679 g/mol. The van der Waals surface area contributed by atoms with E-state index < -0.39 is 11.9 Å². The van der Waals surface area contributed by atoms with Crippen LogP contribution in [0.3, 0.4) is 0 Å². The zero-order chi connectivity index (χ0) is 36.0. The molecule has 0 bridgehead atoms. The number of unbranched alkanes of at least 4 members (excludes halogenated alkanes) is 19. The van der Waals surface area contributed by atoms with E-state index in [0.717, 1.165) is 57.8 Å². The van der Waals surface area contributed by atoms with Crippen molar-refractivity contribution in [3.8, 4) is 0 Å². The molecule has 0 heterocycles. The standard InChI is InChI=1S/C20H32O2.C18H36O2.C4H10O2/c1-2-3-4-5-6-7-8-9-10-11-12-13-14-15-16-17-18-19-20(21)22;1-2-3-4-5-6-7-8-9-10-11-12-13-14-15-16-17-18(19)20;5-3-1-2-4-6/h6-7,9-10,12-13,15-16H,2-5,8,11,14,17-19H2,1H3,(H,21,22);2-17H2,1H3,(H,19,20);5-6H,1-4H2/b7-6-,10-9-,13-12-,16-15-;;. The van der Waals surface area contributed by atoms with Gasteiger partial charge >= 0.3 is 11.9 Å². The van der Waals surface area contributed by atoms with Gasteiger partial charge in [-0.15, -0.1) is 0 Å². The highest BCUT2D eigenvalue weighted by Crippen LogP contribution is 2.13. The Morgan fingerprint density at radius 3 is 1.02 bits per heavy atom. The minimum atomic E-state index is -0.712. The van der Waals surface area contributed by atoms with Crippen LogP contribution in [0.1, 0.15) is 194 Å². The second-order valence-electron chi connectivity index (χ2n) is 12.6. The van der Waals surface area contributed by atoms with Gasteiger partial charge in [-0.1, -0.05) is 165 Å². The van der Waals surface area contributed by atoms with E-state index in [9.17, 15) is 9.59 Å². The minimum absolute atomic E-state index is 0.195. The van der Waals surface area contributed by atoms with Crippen LogP contribution in [0.15, 0.2) is 48.6 Å². The Hall–Kier alpha value is -2.18. The number of allylic oxidation sites excluding steroid dienone is 8. The zero-order valence-electron chi connectivity index (χ0n) is 31.4.